The molecule has 0 bridgehead atoms. The van der Waals surface area contributed by atoms with Crippen molar-refractivity contribution in [2.75, 3.05) is 0 Å². The van der Waals surface area contributed by atoms with Crippen LogP contribution in [0.2, 0.25) is 0 Å². The molecule has 0 fully saturated rings. The molecule has 2 nitrogen and oxygen atoms in total. The summed E-state index contributed by atoms with van der Waals surface area (Å²) >= 11 is -2.31. The number of carboxylic acid groups (broad SMARTS) is 1. The largest absolute Gasteiger partial charge is 0.478 e. The molecule has 0 radical (unpaired) electrons. The van der Waals surface area contributed by atoms with Gasteiger partial charge >= 0.3 is 15.8 Å². The molecular formula is C4H3F4IO2. The molecule has 1 atom stereocenters. The van der Waals surface area contributed by atoms with Crippen molar-refractivity contribution in [3.8, 4) is 0 Å². The maximum Gasteiger partial charge on any atom is 0.442 e. The lowest BCUT2D eigenvalue weighted by Gasteiger charge is -2.18. The summed E-state index contributed by atoms with van der Waals surface area (Å²) < 4.78 is 45.7. The van der Waals surface area contributed by atoms with E-state index in [0.717, 1.165) is 0 Å². The first-order chi connectivity index (χ1) is 4.75. The third kappa shape index (κ3) is 1.88. The van der Waals surface area contributed by atoms with E-state index < -0.39 is 36.6 Å². The Morgan fingerprint density at radius 3 is 1.73 bits per heavy atom. The molecule has 0 spiro atoms. The van der Waals surface area contributed by atoms with E-state index in [9.17, 15) is 22.4 Å². The van der Waals surface area contributed by atoms with Gasteiger partial charge in [0.15, 0.2) is 0 Å². The Morgan fingerprint density at radius 2 is 1.73 bits per heavy atom. The van der Waals surface area contributed by atoms with Crippen LogP contribution in [0.25, 0.3) is 0 Å². The molecule has 0 aliphatic rings. The summed E-state index contributed by atoms with van der Waals surface area (Å²) in [7, 11) is 0. The van der Waals surface area contributed by atoms with Crippen LogP contribution in [0, 0.1) is 0 Å². The minimum atomic E-state index is -5.35. The van der Waals surface area contributed by atoms with Crippen molar-refractivity contribution in [2.24, 2.45) is 0 Å². The van der Waals surface area contributed by atoms with Crippen molar-refractivity contribution >= 4 is 31.2 Å². The molecule has 0 amide bonds. The zero-order valence-corrected chi connectivity index (χ0v) is 7.11. The van der Waals surface area contributed by atoms with Crippen molar-refractivity contribution in [3.63, 3.8) is 0 Å². The Bertz CT molecular complexity index is 189. The molecule has 1 N–H and O–H groups in total. The van der Waals surface area contributed by atoms with Crippen molar-refractivity contribution in [2.45, 2.75) is 9.85 Å². The Balaban J connectivity index is 4.91. The van der Waals surface area contributed by atoms with Gasteiger partial charge in [-0.25, -0.2) is 9.18 Å². The highest BCUT2D eigenvalue weighted by Crippen LogP contribution is 2.42. The van der Waals surface area contributed by atoms with E-state index in [2.05, 4.69) is 4.51 Å². The van der Waals surface area contributed by atoms with Crippen LogP contribution in [0.5, 0.6) is 0 Å². The van der Waals surface area contributed by atoms with Crippen molar-refractivity contribution in [1.29, 1.82) is 0 Å². The second-order valence-corrected chi connectivity index (χ2v) is 3.76. The fraction of sp³-hybridized carbons (Fsp3) is 0.500. The molecule has 0 unspecified atom stereocenters. The van der Waals surface area contributed by atoms with Crippen molar-refractivity contribution < 1.29 is 27.5 Å². The van der Waals surface area contributed by atoms with Gasteiger partial charge < -0.3 is 5.11 Å². The van der Waals surface area contributed by atoms with Crippen molar-refractivity contribution in [3.05, 3.63) is 0 Å². The average Bonchev–Trinajstić information content (AvgIpc) is 1.83. The predicted molar refractivity (Wildman–Crippen MR) is 38.7 cm³/mol. The zero-order valence-electron chi connectivity index (χ0n) is 4.95. The summed E-state index contributed by atoms with van der Waals surface area (Å²) in [6, 6.07) is 0. The number of alkyl halides is 5. The topological polar surface area (TPSA) is 37.3 Å². The van der Waals surface area contributed by atoms with Gasteiger partial charge in [0, 0.05) is 0 Å². The zero-order chi connectivity index (χ0) is 9.28. The highest BCUT2D eigenvalue weighted by molar-refractivity contribution is 14.2. The lowest BCUT2D eigenvalue weighted by atomic mass is 10.4. The number of rotatable bonds is 2. The molecule has 0 aromatic heterocycles. The molecule has 11 heavy (non-hydrogen) atoms. The van der Waals surface area contributed by atoms with Crippen LogP contribution in [0.3, 0.4) is 0 Å². The average molecular weight is 286 g/mol. The number of carbonyl (C=O) groups is 1. The maximum atomic E-state index is 12.4. The van der Waals surface area contributed by atoms with Gasteiger partial charge in [0.05, 0.1) is 0 Å². The van der Waals surface area contributed by atoms with Crippen LogP contribution in [-0.4, -0.2) is 25.4 Å². The third-order valence-electron chi connectivity index (χ3n) is 0.809. The first kappa shape index (κ1) is 10.8. The maximum absolute atomic E-state index is 12.4. The molecule has 0 saturated carbocycles. The molecule has 66 valence electrons. The summed E-state index contributed by atoms with van der Waals surface area (Å²) in [5, 5.41) is 7.86. The number of hydrogen-bond donors (Lipinski definition) is 1. The lowest BCUT2D eigenvalue weighted by molar-refractivity contribution is -0.202. The molecule has 0 aromatic rings. The van der Waals surface area contributed by atoms with Gasteiger partial charge in [-0.1, -0.05) is 25.2 Å². The van der Waals surface area contributed by atoms with E-state index in [-0.39, 0.29) is 0 Å². The van der Waals surface area contributed by atoms with E-state index in [1.165, 1.54) is 0 Å². The molecule has 7 heteroatoms. The number of aliphatic carboxylic acids is 1. The molecule has 0 aliphatic heterocycles. The van der Waals surface area contributed by atoms with Crippen LogP contribution in [0.15, 0.2) is 0 Å². The number of halogens is 5. The van der Waals surface area contributed by atoms with Gasteiger partial charge in [-0.3, -0.25) is 0 Å². The Morgan fingerprint density at radius 1 is 1.36 bits per heavy atom. The number of hydrogen-bond acceptors (Lipinski definition) is 1. The minimum Gasteiger partial charge on any atom is -0.478 e. The summed E-state index contributed by atoms with van der Waals surface area (Å²) in [5.74, 6) is -2.51. The van der Waals surface area contributed by atoms with Gasteiger partial charge in [0.2, 0.25) is 0 Å². The highest BCUT2D eigenvalue weighted by atomic mass is 127. The van der Waals surface area contributed by atoms with Gasteiger partial charge in [-0.2, -0.15) is 13.2 Å². The summed E-state index contributed by atoms with van der Waals surface area (Å²) in [6.45, 7) is 0. The van der Waals surface area contributed by atoms with Gasteiger partial charge in [0.1, 0.15) is 0 Å². The standard InChI is InChI=1S/C4H3F4IO2/c1-9-3(5,2(10)11)4(6,7)8/h1H2,(H,10,11)/t3-/m0/s1. The monoisotopic (exact) mass is 286 g/mol. The molecule has 0 aliphatic carbocycles. The van der Waals surface area contributed by atoms with E-state index in [0.29, 0.717) is 0 Å². The Kier molecular flexibility index (Phi) is 2.98. The van der Waals surface area contributed by atoms with E-state index in [4.69, 9.17) is 5.11 Å². The van der Waals surface area contributed by atoms with Gasteiger partial charge in [-0.15, -0.1) is 0 Å². The van der Waals surface area contributed by atoms with E-state index in [1.54, 1.807) is 0 Å². The number of carboxylic acids is 1. The van der Waals surface area contributed by atoms with E-state index in [1.807, 2.05) is 0 Å². The van der Waals surface area contributed by atoms with Crippen LogP contribution in [0.4, 0.5) is 17.6 Å². The lowest BCUT2D eigenvalue weighted by Crippen LogP contribution is -2.42. The normalized spacial score (nSPS) is 17.5. The van der Waals surface area contributed by atoms with Gasteiger partial charge in [0.25, 0.3) is 0 Å². The van der Waals surface area contributed by atoms with Crippen LogP contribution in [0.1, 0.15) is 0 Å². The second-order valence-electron chi connectivity index (χ2n) is 1.51. The minimum absolute atomic E-state index is 2.31. The summed E-state index contributed by atoms with van der Waals surface area (Å²) in [4.78, 5) is 9.79. The molecule has 0 saturated heterocycles. The van der Waals surface area contributed by atoms with Gasteiger partial charge in [-0.05, 0) is 0 Å². The second kappa shape index (κ2) is 3.03. The van der Waals surface area contributed by atoms with E-state index >= 15 is 0 Å². The molecule has 0 aromatic carbocycles. The van der Waals surface area contributed by atoms with Crippen LogP contribution in [-0.2, 0) is 4.79 Å². The Hall–Kier alpha value is -0.210. The SMILES string of the molecule is C=I[C@@](F)(C(=O)O)C(F)(F)F. The molecular weight excluding hydrogens is 283 g/mol. The first-order valence-electron chi connectivity index (χ1n) is 2.14. The molecule has 0 rings (SSSR count). The Labute approximate surface area is 68.9 Å². The fourth-order valence-electron chi connectivity index (χ4n) is 0.254. The summed E-state index contributed by atoms with van der Waals surface area (Å²) in [5.41, 5.74) is 0. The fourth-order valence-corrected chi connectivity index (χ4v) is 1.01. The van der Waals surface area contributed by atoms with Crippen LogP contribution >= 0.6 is 20.7 Å². The third-order valence-corrected chi connectivity index (χ3v) is 2.93. The summed E-state index contributed by atoms with van der Waals surface area (Å²) in [6.07, 6.45) is -5.35. The quantitative estimate of drug-likeness (QED) is 0.476. The van der Waals surface area contributed by atoms with Crippen LogP contribution < -0.4 is 0 Å². The first-order valence-corrected chi connectivity index (χ1v) is 4.74. The predicted octanol–water partition coefficient (Wildman–Crippen LogP) is 1.70. The smallest absolute Gasteiger partial charge is 0.442 e. The highest BCUT2D eigenvalue weighted by Gasteiger charge is 2.61. The van der Waals surface area contributed by atoms with Crippen molar-refractivity contribution in [1.82, 2.24) is 0 Å². The molecule has 0 heterocycles.